The first-order valence-electron chi connectivity index (χ1n) is 43.6. The quantitative estimate of drug-likeness (QED) is 0.0831. The predicted molar refractivity (Wildman–Crippen MR) is 522 cm³/mol. The number of hydrogen-bond acceptors (Lipinski definition) is 8. The van der Waals surface area contributed by atoms with Gasteiger partial charge in [0.1, 0.15) is 0 Å². The monoisotopic (exact) mass is 1640 g/mol. The van der Waals surface area contributed by atoms with E-state index < -0.39 is 0 Å². The van der Waals surface area contributed by atoms with Gasteiger partial charge in [-0.2, -0.15) is 0 Å². The lowest BCUT2D eigenvalue weighted by atomic mass is 9.91. The van der Waals surface area contributed by atoms with E-state index >= 15 is 9.59 Å². The maximum Gasteiger partial charge on any atom is 0.193 e. The average Bonchev–Trinajstić information content (AvgIpc) is 1.58. The fourth-order valence-corrected chi connectivity index (χ4v) is 20.0. The Hall–Kier alpha value is -16.8. The summed E-state index contributed by atoms with van der Waals surface area (Å²) in [6, 6.07) is 138. The van der Waals surface area contributed by atoms with Crippen molar-refractivity contribution in [2.24, 2.45) is 0 Å². The summed E-state index contributed by atoms with van der Waals surface area (Å²) in [4.78, 5) is 59.2. The topological polar surface area (TPSA) is 102 Å². The van der Waals surface area contributed by atoms with Crippen LogP contribution in [0.1, 0.15) is 54.8 Å². The summed E-state index contributed by atoms with van der Waals surface area (Å²) in [5.74, 6) is -0.0634. The van der Waals surface area contributed by atoms with E-state index in [1.807, 2.05) is 146 Å². The van der Waals surface area contributed by atoms with Crippen molar-refractivity contribution in [3.8, 4) is 113 Å². The van der Waals surface area contributed by atoms with E-state index in [1.54, 1.807) is 0 Å². The van der Waals surface area contributed by atoms with Crippen molar-refractivity contribution in [2.45, 2.75) is 23.9 Å². The average molecular weight is 1640 g/mol. The highest BCUT2D eigenvalue weighted by Crippen LogP contribution is 2.52. The number of hydrogen-bond donors (Lipinski definition) is 0. The fourth-order valence-electron chi connectivity index (χ4n) is 20.0. The van der Waals surface area contributed by atoms with Gasteiger partial charge in [0.05, 0.1) is 79.7 Å². The minimum Gasteiger partial charge on any atom is -0.333 e. The van der Waals surface area contributed by atoms with Crippen LogP contribution in [0, 0.1) is 0 Å². The lowest BCUT2D eigenvalue weighted by molar-refractivity contribution is 0.103. The molecule has 2 aliphatic carbocycles. The first kappa shape index (κ1) is 75.0. The highest BCUT2D eigenvalue weighted by Gasteiger charge is 2.40. The number of allylic oxidation sites excluding steroid dienone is 4. The van der Waals surface area contributed by atoms with E-state index in [2.05, 4.69) is 322 Å². The number of para-hydroxylation sites is 5. The van der Waals surface area contributed by atoms with Gasteiger partial charge in [0, 0.05) is 134 Å². The minimum absolute atomic E-state index is 0.0118. The second-order valence-electron chi connectivity index (χ2n) is 33.4. The van der Waals surface area contributed by atoms with Crippen LogP contribution in [0.15, 0.2) is 449 Å². The number of anilines is 4. The van der Waals surface area contributed by atoms with E-state index in [0.29, 0.717) is 33.6 Å². The van der Waals surface area contributed by atoms with Crippen LogP contribution in [0.3, 0.4) is 0 Å². The van der Waals surface area contributed by atoms with Crippen molar-refractivity contribution in [1.29, 1.82) is 0 Å². The molecule has 4 unspecified atom stereocenters. The van der Waals surface area contributed by atoms with Crippen molar-refractivity contribution in [1.82, 2.24) is 29.1 Å². The Morgan fingerprint density at radius 1 is 0.211 bits per heavy atom. The Labute approximate surface area is 740 Å². The molecule has 10 nitrogen and oxygen atoms in total. The third-order valence-electron chi connectivity index (χ3n) is 25.8. The van der Waals surface area contributed by atoms with E-state index in [9.17, 15) is 0 Å². The van der Waals surface area contributed by atoms with Crippen LogP contribution < -0.4 is 9.80 Å². The van der Waals surface area contributed by atoms with E-state index in [1.165, 1.54) is 11.1 Å². The molecule has 6 aromatic heterocycles. The number of fused-ring (bicyclic) bond motifs is 12. The highest BCUT2D eigenvalue weighted by atomic mass is 16.1. The third kappa shape index (κ3) is 13.2. The Balaban J connectivity index is 0.633. The summed E-state index contributed by atoms with van der Waals surface area (Å²) in [5.41, 5.74) is 29.4. The Morgan fingerprint density at radius 3 is 0.930 bits per heavy atom. The SMILES string of the molecule is O=C(c1cc(-c2cccc(-c3ccccc3)n2)cc(-c2cccc(-c3ccccc3)n2)c1)c1cc(-c2cccc(-c3ccccc3)n2)cc(-c2cccc(-c3cccc(-c4ccc5c6ccccc6n(-c6cc(C(=O)c7cc(N8c9ccccc9C9C=CC=CC98)cc(-n8c9ccccc9c9ccccc98)c7)cc(N7c8ccccc8C8C=CC=CC87)c6)c5c4)c3)n2)c1. The summed E-state index contributed by atoms with van der Waals surface area (Å²) in [6.45, 7) is 0. The van der Waals surface area contributed by atoms with Gasteiger partial charge in [-0.15, -0.1) is 0 Å². The molecule has 14 aromatic carbocycles. The molecule has 0 bridgehead atoms. The summed E-state index contributed by atoms with van der Waals surface area (Å²) < 4.78 is 4.70. The zero-order valence-corrected chi connectivity index (χ0v) is 69.4. The van der Waals surface area contributed by atoms with Crippen molar-refractivity contribution >= 4 is 77.9 Å². The van der Waals surface area contributed by atoms with Crippen LogP contribution in [-0.2, 0) is 0 Å². The molecule has 0 saturated heterocycles. The van der Waals surface area contributed by atoms with Gasteiger partial charge in [0.15, 0.2) is 11.6 Å². The third-order valence-corrected chi connectivity index (χ3v) is 25.8. The summed E-state index contributed by atoms with van der Waals surface area (Å²) in [7, 11) is 0. The van der Waals surface area contributed by atoms with Gasteiger partial charge in [-0.3, -0.25) is 9.59 Å². The Bertz CT molecular complexity index is 7900. The van der Waals surface area contributed by atoms with E-state index in [4.69, 9.17) is 19.9 Å². The molecule has 0 amide bonds. The number of aromatic nitrogens is 6. The molecular weight excluding hydrogens is 1560 g/mol. The van der Waals surface area contributed by atoms with Gasteiger partial charge in [0.25, 0.3) is 0 Å². The van der Waals surface area contributed by atoms with Crippen molar-refractivity contribution in [3.05, 3.63) is 482 Å². The Morgan fingerprint density at radius 2 is 0.508 bits per heavy atom. The summed E-state index contributed by atoms with van der Waals surface area (Å²) in [6.07, 6.45) is 17.9. The molecule has 602 valence electrons. The van der Waals surface area contributed by atoms with Crippen LogP contribution in [0.25, 0.3) is 156 Å². The van der Waals surface area contributed by atoms with Gasteiger partial charge in [-0.25, -0.2) is 19.9 Å². The molecule has 0 spiro atoms. The molecule has 128 heavy (non-hydrogen) atoms. The first-order valence-corrected chi connectivity index (χ1v) is 43.6. The van der Waals surface area contributed by atoms with Crippen LogP contribution in [0.2, 0.25) is 0 Å². The normalized spacial score (nSPS) is 15.2. The molecule has 4 aliphatic rings. The lowest BCUT2D eigenvalue weighted by Crippen LogP contribution is -2.29. The molecule has 10 heteroatoms. The minimum atomic E-state index is -0.190. The molecule has 4 atom stereocenters. The van der Waals surface area contributed by atoms with Gasteiger partial charge >= 0.3 is 0 Å². The predicted octanol–water partition coefficient (Wildman–Crippen LogP) is 28.4. The van der Waals surface area contributed by atoms with Crippen molar-refractivity contribution in [3.63, 3.8) is 0 Å². The molecule has 0 saturated carbocycles. The maximum absolute atomic E-state index is 16.9. The molecule has 2 aliphatic heterocycles. The fraction of sp³-hybridized carbons (Fsp3) is 0.0339. The second kappa shape index (κ2) is 31.2. The first-order chi connectivity index (χ1) is 63.2. The molecule has 0 radical (unpaired) electrons. The van der Waals surface area contributed by atoms with Crippen molar-refractivity contribution in [2.75, 3.05) is 9.80 Å². The van der Waals surface area contributed by atoms with Crippen LogP contribution >= 0.6 is 0 Å². The largest absolute Gasteiger partial charge is 0.333 e. The number of ketones is 2. The standard InChI is InChI=1S/C118H78N8O2/c127-117(85-64-81(105-48-25-44-101(119-105)75-29-4-1-5-30-75)62-82(65-85)106-49-26-45-102(120-106)76-31-6-2-7-32-76)86-66-83(107-50-27-46-103(121-107)77-33-8-3-9-34-77)63-84(67-86)108-51-28-47-104(122-108)80-36-24-35-78(61-80)79-59-60-100-99-43-16-23-58-115(99)126(116(100)72-79)92-71-88(70-91(74-92)125-113-56-21-14-41-97(113)98-42-15-22-57-114(98)125)118(128)87-68-89(123-109-52-17-10-37-93(109)94-38-11-18-53-110(94)123)73-90(69-87)124-111-54-19-12-39-95(111)96-40-13-20-55-112(96)124/h1-74,93,97,109,113H. The number of rotatable bonds is 17. The smallest absolute Gasteiger partial charge is 0.193 e. The zero-order chi connectivity index (χ0) is 84.9. The molecule has 24 rings (SSSR count). The zero-order valence-electron chi connectivity index (χ0n) is 69.4. The molecule has 8 heterocycles. The van der Waals surface area contributed by atoms with Gasteiger partial charge < -0.3 is 18.9 Å². The molecule has 20 aromatic rings. The van der Waals surface area contributed by atoms with Gasteiger partial charge in [-0.05, 0) is 186 Å². The maximum atomic E-state index is 16.9. The second-order valence-corrected chi connectivity index (χ2v) is 33.4. The molecule has 0 N–H and O–H groups in total. The van der Waals surface area contributed by atoms with Crippen molar-refractivity contribution < 1.29 is 9.59 Å². The molecular formula is C118H78N8O2. The van der Waals surface area contributed by atoms with E-state index in [0.717, 1.165) is 168 Å². The van der Waals surface area contributed by atoms with Gasteiger partial charge in [-0.1, -0.05) is 285 Å². The van der Waals surface area contributed by atoms with Crippen LogP contribution in [0.5, 0.6) is 0 Å². The van der Waals surface area contributed by atoms with Crippen LogP contribution in [0.4, 0.5) is 22.7 Å². The summed E-state index contributed by atoms with van der Waals surface area (Å²) >= 11 is 0. The number of carbonyl (C=O) groups is 2. The van der Waals surface area contributed by atoms with Crippen LogP contribution in [-0.4, -0.2) is 52.7 Å². The van der Waals surface area contributed by atoms with Gasteiger partial charge in [0.2, 0.25) is 0 Å². The Kier molecular flexibility index (Phi) is 18.3. The number of nitrogens with zero attached hydrogens (tertiary/aromatic N) is 8. The molecule has 0 fully saturated rings. The number of carbonyl (C=O) groups excluding carboxylic acids is 2. The summed E-state index contributed by atoms with van der Waals surface area (Å²) in [5, 5.41) is 4.45. The van der Waals surface area contributed by atoms with E-state index in [-0.39, 0.29) is 35.5 Å². The number of benzene rings is 14. The lowest BCUT2D eigenvalue weighted by Gasteiger charge is -2.30. The highest BCUT2D eigenvalue weighted by molar-refractivity contribution is 6.15. The number of pyridine rings is 4.